The fourth-order valence-corrected chi connectivity index (χ4v) is 2.56. The topological polar surface area (TPSA) is 90.5 Å². The summed E-state index contributed by atoms with van der Waals surface area (Å²) in [4.78, 5) is 24.4. The smallest absolute Gasteiger partial charge is 0.242 e. The number of amides is 2. The lowest BCUT2D eigenvalue weighted by molar-refractivity contribution is -0.129. The quantitative estimate of drug-likeness (QED) is 0.609. The zero-order chi connectivity index (χ0) is 15.9. The maximum atomic E-state index is 12.2. The van der Waals surface area contributed by atoms with Gasteiger partial charge in [-0.15, -0.1) is 0 Å². The summed E-state index contributed by atoms with van der Waals surface area (Å²) in [6.45, 7) is 3.19. The van der Waals surface area contributed by atoms with Crippen molar-refractivity contribution < 1.29 is 14.7 Å². The predicted molar refractivity (Wildman–Crippen MR) is 83.4 cm³/mol. The zero-order valence-corrected chi connectivity index (χ0v) is 12.8. The van der Waals surface area contributed by atoms with E-state index in [2.05, 4.69) is 16.0 Å². The third-order valence-corrected chi connectivity index (χ3v) is 3.74. The van der Waals surface area contributed by atoms with Crippen LogP contribution in [0.15, 0.2) is 24.3 Å². The highest BCUT2D eigenvalue weighted by atomic mass is 16.3. The number of hydrogen-bond donors (Lipinski definition) is 4. The molecule has 1 aromatic rings. The molecule has 6 nitrogen and oxygen atoms in total. The van der Waals surface area contributed by atoms with Crippen LogP contribution >= 0.6 is 0 Å². The van der Waals surface area contributed by atoms with Gasteiger partial charge in [-0.05, 0) is 44.0 Å². The van der Waals surface area contributed by atoms with E-state index in [4.69, 9.17) is 0 Å². The van der Waals surface area contributed by atoms with Crippen molar-refractivity contribution >= 4 is 11.8 Å². The van der Waals surface area contributed by atoms with Crippen LogP contribution in [0.4, 0.5) is 0 Å². The van der Waals surface area contributed by atoms with Crippen LogP contribution in [-0.2, 0) is 16.0 Å². The Morgan fingerprint density at radius 1 is 1.36 bits per heavy atom. The van der Waals surface area contributed by atoms with Crippen LogP contribution in [0.5, 0.6) is 5.75 Å². The van der Waals surface area contributed by atoms with Gasteiger partial charge in [0.15, 0.2) is 0 Å². The minimum absolute atomic E-state index is 0.132. The van der Waals surface area contributed by atoms with Crippen molar-refractivity contribution in [2.75, 3.05) is 13.1 Å². The van der Waals surface area contributed by atoms with E-state index in [1.807, 2.05) is 6.92 Å². The maximum Gasteiger partial charge on any atom is 0.242 e. The summed E-state index contributed by atoms with van der Waals surface area (Å²) in [5.74, 6) is -0.146. The Labute approximate surface area is 130 Å². The van der Waals surface area contributed by atoms with E-state index < -0.39 is 6.04 Å². The molecule has 1 saturated heterocycles. The van der Waals surface area contributed by atoms with E-state index in [9.17, 15) is 14.7 Å². The summed E-state index contributed by atoms with van der Waals surface area (Å²) in [5.41, 5.74) is 0.883. The van der Waals surface area contributed by atoms with Gasteiger partial charge in [-0.25, -0.2) is 0 Å². The number of hydrogen-bond acceptors (Lipinski definition) is 4. The molecular weight excluding hydrogens is 282 g/mol. The molecule has 1 aromatic carbocycles. The average Bonchev–Trinajstić information content (AvgIpc) is 3.03. The molecule has 2 atom stereocenters. The minimum Gasteiger partial charge on any atom is -0.508 e. The second-order valence-electron chi connectivity index (χ2n) is 5.48. The van der Waals surface area contributed by atoms with Crippen molar-refractivity contribution in [3.63, 3.8) is 0 Å². The number of nitrogens with one attached hydrogen (secondary N) is 3. The second kappa shape index (κ2) is 7.79. The van der Waals surface area contributed by atoms with E-state index >= 15 is 0 Å². The maximum absolute atomic E-state index is 12.2. The van der Waals surface area contributed by atoms with Crippen LogP contribution in [0.2, 0.25) is 0 Å². The molecule has 2 rings (SSSR count). The van der Waals surface area contributed by atoms with Gasteiger partial charge in [0.2, 0.25) is 11.8 Å². The highest BCUT2D eigenvalue weighted by Crippen LogP contribution is 2.12. The average molecular weight is 305 g/mol. The number of phenolic OH excluding ortho intramolecular Hbond substituents is 1. The zero-order valence-electron chi connectivity index (χ0n) is 12.8. The Kier molecular flexibility index (Phi) is 5.77. The molecule has 1 fully saturated rings. The first-order valence-electron chi connectivity index (χ1n) is 7.69. The van der Waals surface area contributed by atoms with E-state index in [1.54, 1.807) is 24.3 Å². The van der Waals surface area contributed by atoms with Crippen LogP contribution in [0.1, 0.15) is 25.3 Å². The first-order valence-corrected chi connectivity index (χ1v) is 7.69. The monoisotopic (exact) mass is 305 g/mol. The molecule has 22 heavy (non-hydrogen) atoms. The van der Waals surface area contributed by atoms with Crippen molar-refractivity contribution in [2.45, 2.75) is 38.3 Å². The Bertz CT molecular complexity index is 510. The van der Waals surface area contributed by atoms with E-state index in [0.717, 1.165) is 24.9 Å². The van der Waals surface area contributed by atoms with Crippen LogP contribution in [0.25, 0.3) is 0 Å². The fraction of sp³-hybridized carbons (Fsp3) is 0.500. The first kappa shape index (κ1) is 16.3. The summed E-state index contributed by atoms with van der Waals surface area (Å²) in [5, 5.41) is 18.0. The SMILES string of the molecule is CCNC(=O)C(Cc1ccc(O)cc1)NC(=O)C1CCCN1. The molecule has 1 aliphatic heterocycles. The molecule has 0 radical (unpaired) electrons. The lowest BCUT2D eigenvalue weighted by Gasteiger charge is -2.20. The normalized spacial score (nSPS) is 18.7. The van der Waals surface area contributed by atoms with Gasteiger partial charge in [0.1, 0.15) is 11.8 Å². The largest absolute Gasteiger partial charge is 0.508 e. The van der Waals surface area contributed by atoms with E-state index in [1.165, 1.54) is 0 Å². The third kappa shape index (κ3) is 4.46. The predicted octanol–water partition coefficient (Wildman–Crippen LogP) is 0.308. The number of phenols is 1. The molecule has 0 aliphatic carbocycles. The molecule has 4 N–H and O–H groups in total. The van der Waals surface area contributed by atoms with Crippen LogP contribution < -0.4 is 16.0 Å². The lowest BCUT2D eigenvalue weighted by Crippen LogP contribution is -2.52. The van der Waals surface area contributed by atoms with Crippen molar-refractivity contribution in [3.8, 4) is 5.75 Å². The Morgan fingerprint density at radius 3 is 2.68 bits per heavy atom. The molecule has 2 unspecified atom stereocenters. The van der Waals surface area contributed by atoms with Crippen molar-refractivity contribution in [2.24, 2.45) is 0 Å². The summed E-state index contributed by atoms with van der Waals surface area (Å²) < 4.78 is 0. The molecular formula is C16H23N3O3. The number of carbonyl (C=O) groups is 2. The minimum atomic E-state index is -0.612. The Morgan fingerprint density at radius 2 is 2.09 bits per heavy atom. The highest BCUT2D eigenvalue weighted by Gasteiger charge is 2.27. The van der Waals surface area contributed by atoms with Gasteiger partial charge in [-0.2, -0.15) is 0 Å². The van der Waals surface area contributed by atoms with Crippen molar-refractivity contribution in [1.29, 1.82) is 0 Å². The highest BCUT2D eigenvalue weighted by molar-refractivity contribution is 5.90. The summed E-state index contributed by atoms with van der Waals surface area (Å²) in [6, 6.07) is 5.83. The lowest BCUT2D eigenvalue weighted by atomic mass is 10.0. The summed E-state index contributed by atoms with van der Waals surface area (Å²) >= 11 is 0. The van der Waals surface area contributed by atoms with E-state index in [-0.39, 0.29) is 23.6 Å². The third-order valence-electron chi connectivity index (χ3n) is 3.74. The summed E-state index contributed by atoms with van der Waals surface area (Å²) in [6.07, 6.45) is 2.17. The molecule has 0 saturated carbocycles. The fourth-order valence-electron chi connectivity index (χ4n) is 2.56. The molecule has 6 heteroatoms. The molecule has 120 valence electrons. The number of rotatable bonds is 6. The molecule has 0 bridgehead atoms. The molecule has 2 amide bonds. The standard InChI is InChI=1S/C16H23N3O3/c1-2-17-15(21)14(10-11-5-7-12(20)8-6-11)19-16(22)13-4-3-9-18-13/h5-8,13-14,18,20H,2-4,9-10H2,1H3,(H,17,21)(H,19,22). The van der Waals surface area contributed by atoms with Crippen LogP contribution in [-0.4, -0.2) is 42.1 Å². The van der Waals surface area contributed by atoms with Crippen LogP contribution in [0.3, 0.4) is 0 Å². The van der Waals surface area contributed by atoms with Crippen LogP contribution in [0, 0.1) is 0 Å². The Balaban J connectivity index is 2.03. The molecule has 0 aromatic heterocycles. The molecule has 0 spiro atoms. The number of likely N-dealkylation sites (N-methyl/N-ethyl adjacent to an activating group) is 1. The molecule has 1 aliphatic rings. The molecule has 1 heterocycles. The second-order valence-corrected chi connectivity index (χ2v) is 5.48. The van der Waals surface area contributed by atoms with Gasteiger partial charge in [0.25, 0.3) is 0 Å². The van der Waals surface area contributed by atoms with Gasteiger partial charge in [-0.3, -0.25) is 9.59 Å². The van der Waals surface area contributed by atoms with Gasteiger partial charge >= 0.3 is 0 Å². The Hall–Kier alpha value is -2.08. The number of aromatic hydroxyl groups is 1. The first-order chi connectivity index (χ1) is 10.6. The van der Waals surface area contributed by atoms with Gasteiger partial charge in [0.05, 0.1) is 6.04 Å². The van der Waals surface area contributed by atoms with Crippen molar-refractivity contribution in [3.05, 3.63) is 29.8 Å². The van der Waals surface area contributed by atoms with Gasteiger partial charge < -0.3 is 21.1 Å². The van der Waals surface area contributed by atoms with E-state index in [0.29, 0.717) is 13.0 Å². The van der Waals surface area contributed by atoms with Gasteiger partial charge in [-0.1, -0.05) is 12.1 Å². The van der Waals surface area contributed by atoms with Crippen molar-refractivity contribution in [1.82, 2.24) is 16.0 Å². The number of carbonyl (C=O) groups excluding carboxylic acids is 2. The van der Waals surface area contributed by atoms with Gasteiger partial charge in [0, 0.05) is 13.0 Å². The summed E-state index contributed by atoms with van der Waals surface area (Å²) in [7, 11) is 0. The number of benzene rings is 1.